The molecule has 0 aromatic carbocycles. The molecular formula is C26H35O11+. The van der Waals surface area contributed by atoms with E-state index in [0.29, 0.717) is 31.4 Å². The van der Waals surface area contributed by atoms with Crippen LogP contribution in [0.4, 0.5) is 0 Å². The highest BCUT2D eigenvalue weighted by Crippen LogP contribution is 2.26. The molecule has 37 heavy (non-hydrogen) atoms. The van der Waals surface area contributed by atoms with Crippen molar-refractivity contribution in [3.05, 3.63) is 55.6 Å². The van der Waals surface area contributed by atoms with Gasteiger partial charge in [-0.25, -0.2) is 9.59 Å². The van der Waals surface area contributed by atoms with E-state index in [-0.39, 0.29) is 47.9 Å². The van der Waals surface area contributed by atoms with E-state index in [9.17, 15) is 34.2 Å². The normalized spacial score (nSPS) is 12.4. The Kier molecular flexibility index (Phi) is 12.6. The molecule has 0 saturated heterocycles. The Bertz CT molecular complexity index is 1190. The van der Waals surface area contributed by atoms with Crippen LogP contribution in [0.3, 0.4) is 0 Å². The van der Waals surface area contributed by atoms with Crippen LogP contribution in [-0.4, -0.2) is 48.6 Å². The number of rotatable bonds is 12. The van der Waals surface area contributed by atoms with Crippen LogP contribution in [0.15, 0.2) is 30.6 Å². The molecule has 0 saturated carbocycles. The van der Waals surface area contributed by atoms with Gasteiger partial charge in [0.15, 0.2) is 17.9 Å². The molecule has 2 heterocycles. The lowest BCUT2D eigenvalue weighted by atomic mass is 10.0. The summed E-state index contributed by atoms with van der Waals surface area (Å²) in [4.78, 5) is 55.6. The summed E-state index contributed by atoms with van der Waals surface area (Å²) in [5.41, 5.74) is -2.30. The fourth-order valence-electron chi connectivity index (χ4n) is 3.45. The van der Waals surface area contributed by atoms with E-state index in [1.165, 1.54) is 26.0 Å². The summed E-state index contributed by atoms with van der Waals surface area (Å²) in [7, 11) is 3.10. The van der Waals surface area contributed by atoms with E-state index in [4.69, 9.17) is 18.3 Å². The molecule has 0 spiro atoms. The second-order valence-electron chi connectivity index (χ2n) is 8.53. The van der Waals surface area contributed by atoms with Crippen LogP contribution in [0.5, 0.6) is 11.5 Å². The standard InChI is InChI=1S/C14H20O6.C12H14O5/c1-8(5-6-12(18-3)19-4)11-7-10(16)13(9(2)15)14(17)20-11;1-7(4-3-5-13)10-6-9(15)11(8(2)14)12(16)17-10/h7-8,12,16H,5-6H2,1-4H3;5-7,15H,3-4H2,1-2H3/p+1. The van der Waals surface area contributed by atoms with Crippen molar-refractivity contribution < 1.29 is 44.3 Å². The molecule has 0 aliphatic rings. The summed E-state index contributed by atoms with van der Waals surface area (Å²) < 4.78 is 20.2. The number of hydrogen-bond donors (Lipinski definition) is 2. The zero-order chi connectivity index (χ0) is 28.3. The minimum atomic E-state index is -0.842. The van der Waals surface area contributed by atoms with E-state index >= 15 is 0 Å². The monoisotopic (exact) mass is 523 g/mol. The third-order valence-electron chi connectivity index (χ3n) is 5.65. The molecule has 2 atom stereocenters. The number of Topliss-reactive ketones (excluding diaryl/α,β-unsaturated/α-hetero) is 2. The van der Waals surface area contributed by atoms with E-state index in [1.54, 1.807) is 21.1 Å². The first-order chi connectivity index (χ1) is 17.4. The van der Waals surface area contributed by atoms with Crippen molar-refractivity contribution in [2.45, 2.75) is 71.5 Å². The Hall–Kier alpha value is -3.57. The maximum atomic E-state index is 11.7. The fraction of sp³-hybridized carbons (Fsp3) is 0.500. The molecule has 11 heteroatoms. The average molecular weight is 524 g/mol. The minimum Gasteiger partial charge on any atom is -0.507 e. The quantitative estimate of drug-likeness (QED) is 0.235. The number of ketones is 2. The van der Waals surface area contributed by atoms with Crippen LogP contribution >= 0.6 is 0 Å². The van der Waals surface area contributed by atoms with Gasteiger partial charge in [0.25, 0.3) is 0 Å². The average Bonchev–Trinajstić information content (AvgIpc) is 2.81. The smallest absolute Gasteiger partial charge is 0.507 e. The Labute approximate surface area is 215 Å². The second kappa shape index (κ2) is 14.9. The number of aldehydes is 1. The zero-order valence-electron chi connectivity index (χ0n) is 22.9. The summed E-state index contributed by atoms with van der Waals surface area (Å²) in [6.07, 6.45) is 2.58. The molecule has 0 aliphatic heterocycles. The van der Waals surface area contributed by atoms with Crippen molar-refractivity contribution in [1.82, 2.24) is 0 Å². The lowest BCUT2D eigenvalue weighted by Gasteiger charge is -2.16. The molecule has 0 radical (unpaired) electrons. The predicted octanol–water partition coefficient (Wildman–Crippen LogP) is 3.79. The number of aromatic hydroxyl groups is 2. The number of ether oxygens (including phenoxy) is 2. The number of hydrogen-bond acceptors (Lipinski definition) is 11. The van der Waals surface area contributed by atoms with Crippen molar-refractivity contribution in [2.24, 2.45) is 0 Å². The summed E-state index contributed by atoms with van der Waals surface area (Å²) in [5.74, 6) is -1.44. The summed E-state index contributed by atoms with van der Waals surface area (Å²) in [6, 6.07) is 2.57. The summed E-state index contributed by atoms with van der Waals surface area (Å²) >= 11 is 0. The molecule has 2 aromatic heterocycles. The highest BCUT2D eigenvalue weighted by molar-refractivity contribution is 5.96. The highest BCUT2D eigenvalue weighted by Gasteiger charge is 2.20. The maximum Gasteiger partial charge on any atom is 1.00 e. The highest BCUT2D eigenvalue weighted by atomic mass is 16.7. The van der Waals surface area contributed by atoms with Gasteiger partial charge in [0, 0.05) is 44.6 Å². The van der Waals surface area contributed by atoms with Gasteiger partial charge in [-0.15, -0.1) is 0 Å². The van der Waals surface area contributed by atoms with Gasteiger partial charge < -0.3 is 33.3 Å². The second-order valence-corrected chi connectivity index (χ2v) is 8.53. The largest absolute Gasteiger partial charge is 1.00 e. The van der Waals surface area contributed by atoms with Crippen molar-refractivity contribution in [2.75, 3.05) is 14.2 Å². The Balaban J connectivity index is 0.000000711. The van der Waals surface area contributed by atoms with Gasteiger partial charge in [-0.3, -0.25) is 9.59 Å². The molecule has 2 rings (SSSR count). The van der Waals surface area contributed by atoms with Crippen molar-refractivity contribution in [3.63, 3.8) is 0 Å². The molecule has 0 amide bonds. The SMILES string of the molecule is CC(=O)c1c(O)cc(C(C)CCC=O)oc1=O.COC(CCC(C)c1cc(O)c(C(C)=O)c(=O)o1)OC.[H+]. The van der Waals surface area contributed by atoms with Gasteiger partial charge in [0.2, 0.25) is 0 Å². The van der Waals surface area contributed by atoms with Crippen molar-refractivity contribution >= 4 is 17.9 Å². The van der Waals surface area contributed by atoms with Crippen LogP contribution in [0.2, 0.25) is 0 Å². The first-order valence-electron chi connectivity index (χ1n) is 11.6. The topological polar surface area (TPSA) is 171 Å². The number of carbonyl (C=O) groups excluding carboxylic acids is 3. The van der Waals surface area contributed by atoms with E-state index < -0.39 is 22.8 Å². The predicted molar refractivity (Wildman–Crippen MR) is 134 cm³/mol. The van der Waals surface area contributed by atoms with Crippen LogP contribution in [0, 0.1) is 0 Å². The molecule has 2 aromatic rings. The van der Waals surface area contributed by atoms with Crippen LogP contribution < -0.4 is 11.3 Å². The fourth-order valence-corrected chi connectivity index (χ4v) is 3.45. The van der Waals surface area contributed by atoms with Gasteiger partial charge in [-0.1, -0.05) is 13.8 Å². The van der Waals surface area contributed by atoms with Gasteiger partial charge in [-0.2, -0.15) is 0 Å². The number of carbonyl (C=O) groups is 3. The van der Waals surface area contributed by atoms with Gasteiger partial charge in [0.05, 0.1) is 0 Å². The van der Waals surface area contributed by atoms with E-state index in [1.807, 2.05) is 6.92 Å². The summed E-state index contributed by atoms with van der Waals surface area (Å²) in [6.45, 7) is 6.01. The molecule has 0 fully saturated rings. The zero-order valence-corrected chi connectivity index (χ0v) is 21.9. The van der Waals surface area contributed by atoms with Gasteiger partial charge >= 0.3 is 12.7 Å². The van der Waals surface area contributed by atoms with Crippen LogP contribution in [-0.2, 0) is 14.3 Å². The molecular weight excluding hydrogens is 488 g/mol. The van der Waals surface area contributed by atoms with Crippen LogP contribution in [0.25, 0.3) is 0 Å². The molecule has 2 unspecified atom stereocenters. The Morgan fingerprint density at radius 2 is 1.27 bits per heavy atom. The van der Waals surface area contributed by atoms with E-state index in [0.717, 1.165) is 6.29 Å². The third-order valence-corrected chi connectivity index (χ3v) is 5.65. The van der Waals surface area contributed by atoms with Crippen LogP contribution in [0.1, 0.15) is 98.9 Å². The molecule has 11 nitrogen and oxygen atoms in total. The van der Waals surface area contributed by atoms with Crippen molar-refractivity contribution in [1.29, 1.82) is 0 Å². The molecule has 0 bridgehead atoms. The number of methoxy groups -OCH3 is 2. The third kappa shape index (κ3) is 9.10. The molecule has 2 N–H and O–H groups in total. The first-order valence-corrected chi connectivity index (χ1v) is 11.6. The first kappa shape index (κ1) is 31.5. The van der Waals surface area contributed by atoms with Gasteiger partial charge in [-0.05, 0) is 33.1 Å². The molecule has 204 valence electrons. The summed E-state index contributed by atoms with van der Waals surface area (Å²) in [5, 5.41) is 19.3. The molecule has 0 aliphatic carbocycles. The maximum absolute atomic E-state index is 11.7. The van der Waals surface area contributed by atoms with Gasteiger partial charge in [0.1, 0.15) is 40.4 Å². The Morgan fingerprint density at radius 3 is 1.59 bits per heavy atom. The Morgan fingerprint density at radius 1 is 0.865 bits per heavy atom. The lowest BCUT2D eigenvalue weighted by molar-refractivity contribution is -0.108. The minimum absolute atomic E-state index is 0. The lowest BCUT2D eigenvalue weighted by Crippen LogP contribution is -2.16. The van der Waals surface area contributed by atoms with E-state index in [2.05, 4.69) is 0 Å². The van der Waals surface area contributed by atoms with Crippen molar-refractivity contribution in [3.8, 4) is 11.5 Å².